The Hall–Kier alpha value is -2.80. The lowest BCUT2D eigenvalue weighted by atomic mass is 10.0. The Labute approximate surface area is 171 Å². The minimum Gasteiger partial charge on any atom is -0.352 e. The Morgan fingerprint density at radius 1 is 1.14 bits per heavy atom. The normalized spacial score (nSPS) is 14.5. The molecule has 150 valence electrons. The number of piperazine rings is 1. The standard InChI is InChI=1S/C21H19ClF2N4O/c1-2-17(29)27-7-9-28(10-8-27)21-14-11-15(22)18(13-5-3-4-6-16(13)23)19(24)20(14)25-12-26-21/h3-6,11-12H,2,7-10H2,1H3. The first-order valence-electron chi connectivity index (χ1n) is 9.41. The van der Waals surface area contributed by atoms with E-state index in [0.717, 1.165) is 0 Å². The van der Waals surface area contributed by atoms with E-state index in [1.54, 1.807) is 12.1 Å². The summed E-state index contributed by atoms with van der Waals surface area (Å²) in [6, 6.07) is 7.49. The quantitative estimate of drug-likeness (QED) is 0.639. The molecule has 4 rings (SSSR count). The van der Waals surface area contributed by atoms with Gasteiger partial charge in [0.25, 0.3) is 0 Å². The molecule has 0 spiro atoms. The molecule has 0 radical (unpaired) electrons. The predicted octanol–water partition coefficient (Wildman–Crippen LogP) is 4.29. The fraction of sp³-hybridized carbons (Fsp3) is 0.286. The van der Waals surface area contributed by atoms with Crippen molar-refractivity contribution in [3.8, 4) is 11.1 Å². The van der Waals surface area contributed by atoms with Gasteiger partial charge in [0.15, 0.2) is 5.82 Å². The van der Waals surface area contributed by atoms with Gasteiger partial charge in [-0.1, -0.05) is 36.7 Å². The van der Waals surface area contributed by atoms with Gasteiger partial charge in [-0.2, -0.15) is 0 Å². The molecule has 0 atom stereocenters. The largest absolute Gasteiger partial charge is 0.352 e. The Morgan fingerprint density at radius 3 is 2.55 bits per heavy atom. The number of hydrogen-bond donors (Lipinski definition) is 0. The average molecular weight is 417 g/mol. The summed E-state index contributed by atoms with van der Waals surface area (Å²) in [4.78, 5) is 24.1. The summed E-state index contributed by atoms with van der Waals surface area (Å²) in [5.74, 6) is -0.569. The third-order valence-electron chi connectivity index (χ3n) is 5.18. The van der Waals surface area contributed by atoms with Gasteiger partial charge in [0, 0.05) is 49.1 Å². The van der Waals surface area contributed by atoms with E-state index in [9.17, 15) is 9.18 Å². The number of hydrogen-bond acceptors (Lipinski definition) is 4. The molecule has 0 unspecified atom stereocenters. The number of fused-ring (bicyclic) bond motifs is 1. The molecule has 0 bridgehead atoms. The fourth-order valence-corrected chi connectivity index (χ4v) is 3.96. The lowest BCUT2D eigenvalue weighted by Crippen LogP contribution is -2.48. The van der Waals surface area contributed by atoms with Gasteiger partial charge >= 0.3 is 0 Å². The van der Waals surface area contributed by atoms with Crippen molar-refractivity contribution in [2.45, 2.75) is 13.3 Å². The van der Waals surface area contributed by atoms with E-state index < -0.39 is 11.6 Å². The van der Waals surface area contributed by atoms with Gasteiger partial charge in [-0.05, 0) is 12.1 Å². The molecule has 1 aliphatic heterocycles. The maximum atomic E-state index is 15.3. The van der Waals surface area contributed by atoms with Crippen LogP contribution in [0.3, 0.4) is 0 Å². The minimum atomic E-state index is -0.680. The number of nitrogens with zero attached hydrogens (tertiary/aromatic N) is 4. The van der Waals surface area contributed by atoms with E-state index in [2.05, 4.69) is 9.97 Å². The van der Waals surface area contributed by atoms with Crippen molar-refractivity contribution in [3.63, 3.8) is 0 Å². The first-order valence-corrected chi connectivity index (χ1v) is 9.79. The van der Waals surface area contributed by atoms with Gasteiger partial charge in [-0.25, -0.2) is 18.7 Å². The maximum absolute atomic E-state index is 15.3. The monoisotopic (exact) mass is 416 g/mol. The SMILES string of the molecule is CCC(=O)N1CCN(c2ncnc3c(F)c(-c4ccccc4F)c(Cl)cc23)CC1. The van der Waals surface area contributed by atoms with Crippen LogP contribution in [0.4, 0.5) is 14.6 Å². The fourth-order valence-electron chi connectivity index (χ4n) is 3.67. The summed E-state index contributed by atoms with van der Waals surface area (Å²) in [7, 11) is 0. The predicted molar refractivity (Wildman–Crippen MR) is 109 cm³/mol. The molecule has 2 aromatic carbocycles. The molecule has 3 aromatic rings. The van der Waals surface area contributed by atoms with Crippen molar-refractivity contribution in [1.82, 2.24) is 14.9 Å². The molecule has 0 saturated carbocycles. The number of aromatic nitrogens is 2. The molecule has 2 heterocycles. The molecule has 1 saturated heterocycles. The third-order valence-corrected chi connectivity index (χ3v) is 5.48. The van der Waals surface area contributed by atoms with E-state index in [1.165, 1.54) is 24.5 Å². The smallest absolute Gasteiger partial charge is 0.222 e. The molecule has 1 fully saturated rings. The van der Waals surface area contributed by atoms with Gasteiger partial charge < -0.3 is 9.80 Å². The summed E-state index contributed by atoms with van der Waals surface area (Å²) >= 11 is 6.38. The Kier molecular flexibility index (Phi) is 5.32. The first-order chi connectivity index (χ1) is 14.0. The average Bonchev–Trinajstić information content (AvgIpc) is 2.74. The Balaban J connectivity index is 1.75. The molecule has 29 heavy (non-hydrogen) atoms. The van der Waals surface area contributed by atoms with Crippen LogP contribution in [0.25, 0.3) is 22.0 Å². The highest BCUT2D eigenvalue weighted by molar-refractivity contribution is 6.34. The van der Waals surface area contributed by atoms with Crippen LogP contribution in [0.5, 0.6) is 0 Å². The van der Waals surface area contributed by atoms with Crippen LogP contribution in [0.2, 0.25) is 5.02 Å². The summed E-state index contributed by atoms with van der Waals surface area (Å²) in [6.45, 7) is 4.13. The number of carbonyl (C=O) groups excluding carboxylic acids is 1. The van der Waals surface area contributed by atoms with Crippen LogP contribution in [0, 0.1) is 11.6 Å². The molecule has 1 aromatic heterocycles. The summed E-state index contributed by atoms with van der Waals surface area (Å²) in [5.41, 5.74) is 0.161. The minimum absolute atomic E-state index is 0.0136. The van der Waals surface area contributed by atoms with Crippen molar-refractivity contribution < 1.29 is 13.6 Å². The van der Waals surface area contributed by atoms with Crippen LogP contribution in [-0.2, 0) is 4.79 Å². The molecular weight excluding hydrogens is 398 g/mol. The molecule has 1 aliphatic rings. The van der Waals surface area contributed by atoms with Crippen LogP contribution in [0.15, 0.2) is 36.7 Å². The third kappa shape index (κ3) is 3.51. The maximum Gasteiger partial charge on any atom is 0.222 e. The van der Waals surface area contributed by atoms with Crippen molar-refractivity contribution in [3.05, 3.63) is 53.3 Å². The van der Waals surface area contributed by atoms with Gasteiger partial charge in [0.2, 0.25) is 5.91 Å². The van der Waals surface area contributed by atoms with Crippen molar-refractivity contribution in [2.75, 3.05) is 31.1 Å². The zero-order chi connectivity index (χ0) is 20.5. The summed E-state index contributed by atoms with van der Waals surface area (Å²) < 4.78 is 29.6. The van der Waals surface area contributed by atoms with Crippen LogP contribution < -0.4 is 4.90 Å². The van der Waals surface area contributed by atoms with Gasteiger partial charge in [-0.3, -0.25) is 4.79 Å². The van der Waals surface area contributed by atoms with E-state index in [-0.39, 0.29) is 27.6 Å². The number of halogens is 3. The second-order valence-electron chi connectivity index (χ2n) is 6.84. The topological polar surface area (TPSA) is 49.3 Å². The first kappa shape index (κ1) is 19.5. The molecule has 1 amide bonds. The van der Waals surface area contributed by atoms with Gasteiger partial charge in [0.1, 0.15) is 23.5 Å². The molecule has 5 nitrogen and oxygen atoms in total. The highest BCUT2D eigenvalue weighted by atomic mass is 35.5. The lowest BCUT2D eigenvalue weighted by molar-refractivity contribution is -0.131. The zero-order valence-electron chi connectivity index (χ0n) is 15.8. The number of benzene rings is 2. The second-order valence-corrected chi connectivity index (χ2v) is 7.25. The lowest BCUT2D eigenvalue weighted by Gasteiger charge is -2.35. The van der Waals surface area contributed by atoms with Gasteiger partial charge in [0.05, 0.1) is 5.02 Å². The van der Waals surface area contributed by atoms with Crippen molar-refractivity contribution in [1.29, 1.82) is 0 Å². The van der Waals surface area contributed by atoms with Crippen molar-refractivity contribution >= 4 is 34.2 Å². The number of amides is 1. The summed E-state index contributed by atoms with van der Waals surface area (Å²) in [6.07, 6.45) is 1.76. The van der Waals surface area contributed by atoms with E-state index in [0.29, 0.717) is 43.8 Å². The number of anilines is 1. The number of rotatable bonds is 3. The number of carbonyl (C=O) groups is 1. The van der Waals surface area contributed by atoms with Gasteiger partial charge in [-0.15, -0.1) is 0 Å². The van der Waals surface area contributed by atoms with E-state index in [4.69, 9.17) is 11.6 Å². The molecular formula is C21H19ClF2N4O. The molecule has 0 N–H and O–H groups in total. The highest BCUT2D eigenvalue weighted by Crippen LogP contribution is 2.38. The Morgan fingerprint density at radius 2 is 1.86 bits per heavy atom. The summed E-state index contributed by atoms with van der Waals surface area (Å²) in [5, 5.41) is 0.557. The molecule has 0 aliphatic carbocycles. The van der Waals surface area contributed by atoms with Crippen molar-refractivity contribution in [2.24, 2.45) is 0 Å². The second kappa shape index (κ2) is 7.91. The highest BCUT2D eigenvalue weighted by Gasteiger charge is 2.25. The Bertz CT molecular complexity index is 1080. The van der Waals surface area contributed by atoms with Crippen LogP contribution in [0.1, 0.15) is 13.3 Å². The van der Waals surface area contributed by atoms with E-state index in [1.807, 2.05) is 16.7 Å². The molecule has 8 heteroatoms. The zero-order valence-corrected chi connectivity index (χ0v) is 16.6. The van der Waals surface area contributed by atoms with Crippen LogP contribution >= 0.6 is 11.6 Å². The van der Waals surface area contributed by atoms with Crippen LogP contribution in [-0.4, -0.2) is 47.0 Å². The van der Waals surface area contributed by atoms with E-state index >= 15 is 4.39 Å².